The molecule has 3 aromatic heterocycles. The maximum atomic E-state index is 12.9. The number of piperidine rings is 1. The number of hydrogen-bond donors (Lipinski definition) is 1. The maximum absolute atomic E-state index is 12.9. The summed E-state index contributed by atoms with van der Waals surface area (Å²) in [4.78, 5) is 20.6. The minimum Gasteiger partial charge on any atom is -0.440 e. The van der Waals surface area contributed by atoms with Gasteiger partial charge in [-0.2, -0.15) is 0 Å². The van der Waals surface area contributed by atoms with Crippen molar-refractivity contribution in [2.24, 2.45) is 0 Å². The zero-order valence-electron chi connectivity index (χ0n) is 17.1. The molecule has 6 rings (SSSR count). The third kappa shape index (κ3) is 3.26. The molecule has 0 spiro atoms. The van der Waals surface area contributed by atoms with E-state index in [0.29, 0.717) is 16.9 Å². The molecule has 0 amide bonds. The van der Waals surface area contributed by atoms with Gasteiger partial charge < -0.3 is 14.3 Å². The van der Waals surface area contributed by atoms with Gasteiger partial charge in [0, 0.05) is 46.2 Å². The number of nitrogens with one attached hydrogen (secondary N) is 1. The Bertz CT molecular complexity index is 1450. The zero-order valence-corrected chi connectivity index (χ0v) is 17.9. The van der Waals surface area contributed by atoms with Gasteiger partial charge in [0.05, 0.1) is 5.39 Å². The van der Waals surface area contributed by atoms with E-state index >= 15 is 0 Å². The smallest absolute Gasteiger partial charge is 0.200 e. The van der Waals surface area contributed by atoms with Gasteiger partial charge in [0.25, 0.3) is 0 Å². The Hall–Kier alpha value is -3.31. The van der Waals surface area contributed by atoms with Crippen LogP contribution in [0.1, 0.15) is 19.3 Å². The number of anilines is 1. The Morgan fingerprint density at radius 1 is 0.903 bits per heavy atom. The number of hydrogen-bond acceptors (Lipinski definition) is 4. The van der Waals surface area contributed by atoms with Crippen LogP contribution in [0.4, 0.5) is 5.88 Å². The highest BCUT2D eigenvalue weighted by atomic mass is 32.1. The van der Waals surface area contributed by atoms with Crippen molar-refractivity contribution >= 4 is 39.1 Å². The molecule has 31 heavy (non-hydrogen) atoms. The van der Waals surface area contributed by atoms with Crippen molar-refractivity contribution < 1.29 is 4.42 Å². The van der Waals surface area contributed by atoms with Crippen LogP contribution in [0.3, 0.4) is 0 Å². The van der Waals surface area contributed by atoms with Crippen molar-refractivity contribution in [1.82, 2.24) is 4.98 Å². The molecule has 2 aromatic carbocycles. The number of aromatic amines is 1. The standard InChI is InChI=1S/C26H22N2O2S/c29-22-16-25(28-13-2-1-3-14-28)30-26-19(22)5-4-6-20(26)24-10-9-23(31-24)18-7-8-21-17(15-18)11-12-27-21/h4-12,15-16,27H,1-3,13-14H2. The minimum absolute atomic E-state index is 0.0263. The van der Waals surface area contributed by atoms with Gasteiger partial charge in [-0.25, -0.2) is 0 Å². The molecule has 0 bridgehead atoms. The van der Waals surface area contributed by atoms with Crippen molar-refractivity contribution in [1.29, 1.82) is 0 Å². The van der Waals surface area contributed by atoms with Gasteiger partial charge in [0.2, 0.25) is 0 Å². The average molecular weight is 427 g/mol. The second kappa shape index (κ2) is 7.43. The van der Waals surface area contributed by atoms with E-state index in [1.54, 1.807) is 17.4 Å². The molecule has 4 heterocycles. The monoisotopic (exact) mass is 426 g/mol. The van der Waals surface area contributed by atoms with Crippen LogP contribution in [0.5, 0.6) is 0 Å². The summed E-state index contributed by atoms with van der Waals surface area (Å²) in [5.41, 5.74) is 4.02. The Morgan fingerprint density at radius 3 is 2.68 bits per heavy atom. The maximum Gasteiger partial charge on any atom is 0.200 e. The Morgan fingerprint density at radius 2 is 1.77 bits per heavy atom. The first-order chi connectivity index (χ1) is 15.3. The van der Waals surface area contributed by atoms with Crippen molar-refractivity contribution in [3.63, 3.8) is 0 Å². The second-order valence-electron chi connectivity index (χ2n) is 8.12. The van der Waals surface area contributed by atoms with E-state index in [1.165, 1.54) is 22.2 Å². The summed E-state index contributed by atoms with van der Waals surface area (Å²) in [5.74, 6) is 0.694. The van der Waals surface area contributed by atoms with Gasteiger partial charge in [0.1, 0.15) is 5.58 Å². The van der Waals surface area contributed by atoms with E-state index < -0.39 is 0 Å². The summed E-state index contributed by atoms with van der Waals surface area (Å²) >= 11 is 1.73. The molecule has 1 N–H and O–H groups in total. The van der Waals surface area contributed by atoms with E-state index in [2.05, 4.69) is 52.3 Å². The highest BCUT2D eigenvalue weighted by molar-refractivity contribution is 7.18. The molecule has 0 aliphatic carbocycles. The molecule has 4 nitrogen and oxygen atoms in total. The first kappa shape index (κ1) is 18.5. The summed E-state index contributed by atoms with van der Waals surface area (Å²) in [6.07, 6.45) is 5.49. The number of rotatable bonds is 3. The zero-order chi connectivity index (χ0) is 20.8. The summed E-state index contributed by atoms with van der Waals surface area (Å²) < 4.78 is 6.36. The van der Waals surface area contributed by atoms with Crippen molar-refractivity contribution in [2.75, 3.05) is 18.0 Å². The molecule has 1 aliphatic rings. The molecule has 1 saturated heterocycles. The molecule has 1 fully saturated rings. The van der Waals surface area contributed by atoms with Gasteiger partial charge in [-0.3, -0.25) is 4.79 Å². The highest BCUT2D eigenvalue weighted by Gasteiger charge is 2.18. The molecule has 154 valence electrons. The van der Waals surface area contributed by atoms with Crippen LogP contribution in [0.2, 0.25) is 0 Å². The summed E-state index contributed by atoms with van der Waals surface area (Å²) in [5, 5.41) is 1.84. The predicted molar refractivity (Wildman–Crippen MR) is 129 cm³/mol. The Labute approximate surface area is 183 Å². The van der Waals surface area contributed by atoms with E-state index in [1.807, 2.05) is 18.3 Å². The average Bonchev–Trinajstić information content (AvgIpc) is 3.48. The summed E-state index contributed by atoms with van der Waals surface area (Å²) in [7, 11) is 0. The third-order valence-electron chi connectivity index (χ3n) is 6.12. The van der Waals surface area contributed by atoms with Crippen molar-refractivity contribution in [3.05, 3.63) is 77.1 Å². The van der Waals surface area contributed by atoms with Gasteiger partial charge in [-0.05, 0) is 72.7 Å². The van der Waals surface area contributed by atoms with Crippen LogP contribution >= 0.6 is 11.3 Å². The van der Waals surface area contributed by atoms with E-state index in [4.69, 9.17) is 4.42 Å². The Kier molecular flexibility index (Phi) is 4.42. The molecule has 1 aliphatic heterocycles. The van der Waals surface area contributed by atoms with Crippen LogP contribution in [0.15, 0.2) is 76.1 Å². The van der Waals surface area contributed by atoms with Crippen LogP contribution in [0, 0.1) is 0 Å². The molecule has 0 atom stereocenters. The second-order valence-corrected chi connectivity index (χ2v) is 9.21. The van der Waals surface area contributed by atoms with Crippen LogP contribution in [0.25, 0.3) is 42.8 Å². The highest BCUT2D eigenvalue weighted by Crippen LogP contribution is 2.38. The SMILES string of the molecule is O=c1cc(N2CCCCC2)oc2c(-c3ccc(-c4ccc5[nH]ccc5c4)s3)cccc12. The Balaban J connectivity index is 1.45. The fourth-order valence-corrected chi connectivity index (χ4v) is 5.50. The van der Waals surface area contributed by atoms with Gasteiger partial charge in [-0.15, -0.1) is 11.3 Å². The quantitative estimate of drug-likeness (QED) is 0.351. The number of fused-ring (bicyclic) bond motifs is 2. The fraction of sp³-hybridized carbons (Fsp3) is 0.192. The number of H-pyrrole nitrogens is 1. The van der Waals surface area contributed by atoms with Crippen molar-refractivity contribution in [2.45, 2.75) is 19.3 Å². The third-order valence-corrected chi connectivity index (χ3v) is 7.29. The molecule has 0 unspecified atom stereocenters. The first-order valence-corrected chi connectivity index (χ1v) is 11.6. The fourth-order valence-electron chi connectivity index (χ4n) is 4.47. The lowest BCUT2D eigenvalue weighted by molar-refractivity contribution is 0.513. The van der Waals surface area contributed by atoms with Crippen LogP contribution in [-0.4, -0.2) is 18.1 Å². The summed E-state index contributed by atoms with van der Waals surface area (Å²) in [6, 6.07) is 20.4. The number of aromatic nitrogens is 1. The van der Waals surface area contributed by atoms with Gasteiger partial charge in [-0.1, -0.05) is 12.1 Å². The van der Waals surface area contributed by atoms with Crippen LogP contribution < -0.4 is 10.3 Å². The number of nitrogens with zero attached hydrogens (tertiary/aromatic N) is 1. The first-order valence-electron chi connectivity index (χ1n) is 10.8. The van der Waals surface area contributed by atoms with E-state index in [-0.39, 0.29) is 5.43 Å². The summed E-state index contributed by atoms with van der Waals surface area (Å²) in [6.45, 7) is 1.89. The molecular formula is C26H22N2O2S. The van der Waals surface area contributed by atoms with E-state index in [0.717, 1.165) is 41.9 Å². The molecule has 5 aromatic rings. The molecular weight excluding hydrogens is 404 g/mol. The van der Waals surface area contributed by atoms with Crippen molar-refractivity contribution in [3.8, 4) is 20.9 Å². The lowest BCUT2D eigenvalue weighted by atomic mass is 10.1. The normalized spacial score (nSPS) is 14.5. The number of thiophene rings is 1. The number of benzene rings is 2. The van der Waals surface area contributed by atoms with E-state index in [9.17, 15) is 4.79 Å². The van der Waals surface area contributed by atoms with Crippen LogP contribution in [-0.2, 0) is 0 Å². The minimum atomic E-state index is 0.0263. The lowest BCUT2D eigenvalue weighted by Gasteiger charge is -2.27. The largest absolute Gasteiger partial charge is 0.440 e. The van der Waals surface area contributed by atoms with Gasteiger partial charge in [0.15, 0.2) is 11.3 Å². The number of para-hydroxylation sites is 1. The topological polar surface area (TPSA) is 49.2 Å². The molecule has 0 radical (unpaired) electrons. The molecule has 5 heteroatoms. The molecule has 0 saturated carbocycles. The van der Waals surface area contributed by atoms with Gasteiger partial charge >= 0.3 is 0 Å². The predicted octanol–water partition coefficient (Wildman–Crippen LogP) is 6.66. The lowest BCUT2D eigenvalue weighted by Crippen LogP contribution is -2.30.